The Kier molecular flexibility index (Phi) is 3.47. The molecule has 0 saturated carbocycles. The highest BCUT2D eigenvalue weighted by atomic mass is 19.1. The summed E-state index contributed by atoms with van der Waals surface area (Å²) in [6.45, 7) is 3.53. The lowest BCUT2D eigenvalue weighted by Crippen LogP contribution is -2.06. The summed E-state index contributed by atoms with van der Waals surface area (Å²) in [4.78, 5) is 0. The average Bonchev–Trinajstić information content (AvgIpc) is 2.09. The van der Waals surface area contributed by atoms with E-state index in [0.717, 1.165) is 11.1 Å². The summed E-state index contributed by atoms with van der Waals surface area (Å²) in [5, 5.41) is 9.22. The van der Waals surface area contributed by atoms with Gasteiger partial charge in [-0.25, -0.2) is 4.39 Å². The zero-order valence-corrected chi connectivity index (χ0v) is 8.67. The maximum Gasteiger partial charge on any atom is 0.127 e. The van der Waals surface area contributed by atoms with Crippen molar-refractivity contribution in [1.82, 2.24) is 0 Å². The molecule has 1 aromatic rings. The van der Waals surface area contributed by atoms with Crippen LogP contribution < -0.4 is 4.74 Å². The van der Waals surface area contributed by atoms with Crippen LogP contribution in [0.1, 0.15) is 18.1 Å². The van der Waals surface area contributed by atoms with E-state index >= 15 is 0 Å². The first-order chi connectivity index (χ1) is 6.54. The lowest BCUT2D eigenvalue weighted by molar-refractivity contribution is 0.195. The SMILES string of the molecule is COc1cc(F)cc(CC(C)O)c1C. The number of rotatable bonds is 3. The van der Waals surface area contributed by atoms with Gasteiger partial charge in [0.15, 0.2) is 0 Å². The van der Waals surface area contributed by atoms with Gasteiger partial charge < -0.3 is 9.84 Å². The first kappa shape index (κ1) is 11.0. The van der Waals surface area contributed by atoms with Gasteiger partial charge in [0.2, 0.25) is 0 Å². The Hall–Kier alpha value is -1.09. The molecule has 14 heavy (non-hydrogen) atoms. The minimum atomic E-state index is -0.472. The second kappa shape index (κ2) is 4.42. The van der Waals surface area contributed by atoms with Crippen LogP contribution in [0.15, 0.2) is 12.1 Å². The standard InChI is InChI=1S/C11H15FO2/c1-7(13)4-9-5-10(12)6-11(14-3)8(9)2/h5-7,13H,4H2,1-3H3. The molecule has 1 aromatic carbocycles. The first-order valence-electron chi connectivity index (χ1n) is 4.55. The number of hydrogen-bond acceptors (Lipinski definition) is 2. The fourth-order valence-electron chi connectivity index (χ4n) is 1.45. The number of aliphatic hydroxyl groups excluding tert-OH is 1. The van der Waals surface area contributed by atoms with E-state index in [4.69, 9.17) is 4.74 Å². The Morgan fingerprint density at radius 3 is 2.64 bits per heavy atom. The quantitative estimate of drug-likeness (QED) is 0.805. The molecule has 0 aliphatic heterocycles. The Morgan fingerprint density at radius 1 is 1.50 bits per heavy atom. The molecule has 1 rings (SSSR count). The van der Waals surface area contributed by atoms with Crippen molar-refractivity contribution in [2.75, 3.05) is 7.11 Å². The van der Waals surface area contributed by atoms with Crippen molar-refractivity contribution in [2.24, 2.45) is 0 Å². The van der Waals surface area contributed by atoms with E-state index in [1.807, 2.05) is 6.92 Å². The maximum absolute atomic E-state index is 13.1. The second-order valence-corrected chi connectivity index (χ2v) is 3.45. The Labute approximate surface area is 83.3 Å². The third kappa shape index (κ3) is 2.45. The molecule has 0 radical (unpaired) electrons. The molecular weight excluding hydrogens is 183 g/mol. The Bertz CT molecular complexity index is 321. The fourth-order valence-corrected chi connectivity index (χ4v) is 1.45. The second-order valence-electron chi connectivity index (χ2n) is 3.45. The zero-order chi connectivity index (χ0) is 10.7. The molecule has 0 aliphatic rings. The maximum atomic E-state index is 13.1. The molecule has 0 fully saturated rings. The van der Waals surface area contributed by atoms with Crippen LogP contribution in [0.5, 0.6) is 5.75 Å². The predicted molar refractivity (Wildman–Crippen MR) is 53.1 cm³/mol. The van der Waals surface area contributed by atoms with Crippen molar-refractivity contribution in [3.05, 3.63) is 29.1 Å². The number of hydrogen-bond donors (Lipinski definition) is 1. The van der Waals surface area contributed by atoms with E-state index in [9.17, 15) is 9.50 Å². The van der Waals surface area contributed by atoms with Gasteiger partial charge in [0.05, 0.1) is 13.2 Å². The third-order valence-corrected chi connectivity index (χ3v) is 2.17. The van der Waals surface area contributed by atoms with E-state index < -0.39 is 6.10 Å². The van der Waals surface area contributed by atoms with E-state index in [1.54, 1.807) is 6.92 Å². The van der Waals surface area contributed by atoms with Gasteiger partial charge in [-0.1, -0.05) is 0 Å². The molecule has 1 unspecified atom stereocenters. The fraction of sp³-hybridized carbons (Fsp3) is 0.455. The molecule has 0 amide bonds. The predicted octanol–water partition coefficient (Wildman–Crippen LogP) is 2.07. The Morgan fingerprint density at radius 2 is 2.14 bits per heavy atom. The summed E-state index contributed by atoms with van der Waals surface area (Å²) in [5.74, 6) is 0.198. The molecule has 3 heteroatoms. The lowest BCUT2D eigenvalue weighted by Gasteiger charge is -2.12. The van der Waals surface area contributed by atoms with Crippen molar-refractivity contribution in [3.8, 4) is 5.75 Å². The van der Waals surface area contributed by atoms with Crippen LogP contribution in [-0.4, -0.2) is 18.3 Å². The molecule has 2 nitrogen and oxygen atoms in total. The summed E-state index contributed by atoms with van der Waals surface area (Å²) in [6.07, 6.45) is -0.0276. The van der Waals surface area contributed by atoms with E-state index in [1.165, 1.54) is 19.2 Å². The molecule has 1 N–H and O–H groups in total. The van der Waals surface area contributed by atoms with Gasteiger partial charge >= 0.3 is 0 Å². The zero-order valence-electron chi connectivity index (χ0n) is 8.67. The van der Waals surface area contributed by atoms with Gasteiger partial charge in [0.1, 0.15) is 11.6 Å². The summed E-state index contributed by atoms with van der Waals surface area (Å²) in [7, 11) is 1.51. The highest BCUT2D eigenvalue weighted by Crippen LogP contribution is 2.24. The molecule has 0 bridgehead atoms. The molecule has 0 heterocycles. The number of aliphatic hydroxyl groups is 1. The highest BCUT2D eigenvalue weighted by Gasteiger charge is 2.09. The molecular formula is C11H15FO2. The molecule has 78 valence electrons. The van der Waals surface area contributed by atoms with Crippen LogP contribution in [0.2, 0.25) is 0 Å². The monoisotopic (exact) mass is 198 g/mol. The minimum absolute atomic E-state index is 0.330. The van der Waals surface area contributed by atoms with Gasteiger partial charge in [0, 0.05) is 6.07 Å². The number of methoxy groups -OCH3 is 1. The van der Waals surface area contributed by atoms with E-state index in [0.29, 0.717) is 12.2 Å². The van der Waals surface area contributed by atoms with Crippen LogP contribution in [0.4, 0.5) is 4.39 Å². The third-order valence-electron chi connectivity index (χ3n) is 2.17. The van der Waals surface area contributed by atoms with Crippen LogP contribution in [0.25, 0.3) is 0 Å². The van der Waals surface area contributed by atoms with E-state index in [2.05, 4.69) is 0 Å². The van der Waals surface area contributed by atoms with Gasteiger partial charge in [-0.05, 0) is 37.5 Å². The molecule has 1 atom stereocenters. The molecule has 0 spiro atoms. The molecule has 0 saturated heterocycles. The smallest absolute Gasteiger partial charge is 0.127 e. The first-order valence-corrected chi connectivity index (χ1v) is 4.55. The van der Waals surface area contributed by atoms with Gasteiger partial charge in [-0.3, -0.25) is 0 Å². The van der Waals surface area contributed by atoms with Crippen LogP contribution in [0, 0.1) is 12.7 Å². The largest absolute Gasteiger partial charge is 0.496 e. The number of ether oxygens (including phenoxy) is 1. The van der Waals surface area contributed by atoms with Crippen molar-refractivity contribution in [3.63, 3.8) is 0 Å². The number of benzene rings is 1. The topological polar surface area (TPSA) is 29.5 Å². The normalized spacial score (nSPS) is 12.6. The highest BCUT2D eigenvalue weighted by molar-refractivity contribution is 5.40. The van der Waals surface area contributed by atoms with Gasteiger partial charge in [0.25, 0.3) is 0 Å². The van der Waals surface area contributed by atoms with Crippen molar-refractivity contribution in [2.45, 2.75) is 26.4 Å². The van der Waals surface area contributed by atoms with Crippen molar-refractivity contribution in [1.29, 1.82) is 0 Å². The van der Waals surface area contributed by atoms with Crippen LogP contribution in [-0.2, 0) is 6.42 Å². The van der Waals surface area contributed by atoms with Crippen molar-refractivity contribution < 1.29 is 14.2 Å². The van der Waals surface area contributed by atoms with Crippen LogP contribution >= 0.6 is 0 Å². The summed E-state index contributed by atoms with van der Waals surface area (Å²) < 4.78 is 18.1. The number of halogens is 1. The summed E-state index contributed by atoms with van der Waals surface area (Å²) >= 11 is 0. The van der Waals surface area contributed by atoms with Crippen molar-refractivity contribution >= 4 is 0 Å². The van der Waals surface area contributed by atoms with Gasteiger partial charge in [-0.15, -0.1) is 0 Å². The Balaban J connectivity index is 3.08. The van der Waals surface area contributed by atoms with Gasteiger partial charge in [-0.2, -0.15) is 0 Å². The average molecular weight is 198 g/mol. The lowest BCUT2D eigenvalue weighted by atomic mass is 10.0. The van der Waals surface area contributed by atoms with E-state index in [-0.39, 0.29) is 5.82 Å². The molecule has 0 aromatic heterocycles. The summed E-state index contributed by atoms with van der Waals surface area (Å²) in [6, 6.07) is 2.78. The molecule has 0 aliphatic carbocycles. The summed E-state index contributed by atoms with van der Waals surface area (Å²) in [5.41, 5.74) is 1.67. The van der Waals surface area contributed by atoms with Crippen LogP contribution in [0.3, 0.4) is 0 Å². The minimum Gasteiger partial charge on any atom is -0.496 e.